The summed E-state index contributed by atoms with van der Waals surface area (Å²) < 4.78 is 1.54. The van der Waals surface area contributed by atoms with E-state index >= 15 is 0 Å². The topological polar surface area (TPSA) is 80.9 Å². The maximum absolute atomic E-state index is 13.6. The van der Waals surface area contributed by atoms with Crippen LogP contribution in [0, 0.1) is 0 Å². The van der Waals surface area contributed by atoms with E-state index in [1.807, 2.05) is 48.6 Å². The van der Waals surface area contributed by atoms with Crippen molar-refractivity contribution in [3.05, 3.63) is 122 Å². The molecule has 0 saturated carbocycles. The van der Waals surface area contributed by atoms with Gasteiger partial charge in [-0.3, -0.25) is 9.36 Å². The Morgan fingerprint density at radius 2 is 1.60 bits per heavy atom. The first kappa shape index (κ1) is 22.8. The number of fused-ring (bicyclic) bond motifs is 1. The van der Waals surface area contributed by atoms with Crippen molar-refractivity contribution in [2.75, 3.05) is 0 Å². The third-order valence-corrected chi connectivity index (χ3v) is 5.83. The molecule has 0 atom stereocenters. The van der Waals surface area contributed by atoms with Crippen LogP contribution in [0.4, 0.5) is 0 Å². The van der Waals surface area contributed by atoms with E-state index in [1.54, 1.807) is 41.1 Å². The average Bonchev–Trinajstić information content (AvgIpc) is 2.84. The Labute approximate surface area is 210 Å². The number of nitrogens with zero attached hydrogens (tertiary/aromatic N) is 4. The molecule has 0 spiro atoms. The van der Waals surface area contributed by atoms with E-state index in [9.17, 15) is 9.90 Å². The van der Waals surface area contributed by atoms with Crippen molar-refractivity contribution in [2.24, 2.45) is 0 Å². The maximum atomic E-state index is 13.6. The minimum atomic E-state index is -0.317. The van der Waals surface area contributed by atoms with Crippen LogP contribution < -0.4 is 5.56 Å². The van der Waals surface area contributed by atoms with Gasteiger partial charge in [-0.05, 0) is 59.7 Å². The van der Waals surface area contributed by atoms with Gasteiger partial charge in [-0.15, -0.1) is 0 Å². The van der Waals surface area contributed by atoms with Gasteiger partial charge >= 0.3 is 0 Å². The number of halogens is 2. The predicted octanol–water partition coefficient (Wildman–Crippen LogP) is 5.95. The summed E-state index contributed by atoms with van der Waals surface area (Å²) in [5.41, 5.74) is 3.87. The van der Waals surface area contributed by atoms with E-state index in [0.29, 0.717) is 32.5 Å². The molecular formula is C27H18Cl2N4O2. The number of benzene rings is 2. The van der Waals surface area contributed by atoms with Gasteiger partial charge in [0.15, 0.2) is 5.65 Å². The zero-order chi connectivity index (χ0) is 24.4. The Bertz CT molecular complexity index is 1630. The van der Waals surface area contributed by atoms with Crippen LogP contribution in [-0.2, 0) is 6.42 Å². The molecule has 2 aromatic carbocycles. The molecule has 3 heterocycles. The number of aromatic hydroxyl groups is 1. The van der Waals surface area contributed by atoms with Crippen LogP contribution in [-0.4, -0.2) is 24.6 Å². The molecule has 0 aliphatic rings. The standard InChI is InChI=1S/C27H18Cl2N4O2/c28-20-12-18(13-21(29)16-20)9-8-17-4-1-6-22(14-17)33-25-23(7-3-10-30-25)32-24(27(33)35)15-19-5-2-11-31-26(19)34/h1-14,16H,15H2,(H,31,34)/b9-8+. The van der Waals surface area contributed by atoms with Crippen LogP contribution >= 0.6 is 23.2 Å². The van der Waals surface area contributed by atoms with Gasteiger partial charge < -0.3 is 5.11 Å². The Balaban J connectivity index is 1.60. The molecule has 0 unspecified atom stereocenters. The normalized spacial score (nSPS) is 11.4. The molecule has 6 nitrogen and oxygen atoms in total. The second-order valence-electron chi connectivity index (χ2n) is 7.84. The van der Waals surface area contributed by atoms with Gasteiger partial charge in [0.2, 0.25) is 5.88 Å². The van der Waals surface area contributed by atoms with Gasteiger partial charge in [0.05, 0.1) is 5.69 Å². The van der Waals surface area contributed by atoms with Gasteiger partial charge in [0.25, 0.3) is 5.56 Å². The quantitative estimate of drug-likeness (QED) is 0.301. The number of hydrogen-bond acceptors (Lipinski definition) is 5. The summed E-state index contributed by atoms with van der Waals surface area (Å²) in [6, 6.07) is 19.8. The van der Waals surface area contributed by atoms with Gasteiger partial charge in [0.1, 0.15) is 11.2 Å². The molecule has 0 fully saturated rings. The molecule has 3 aromatic heterocycles. The van der Waals surface area contributed by atoms with Crippen molar-refractivity contribution in [1.82, 2.24) is 19.5 Å². The molecule has 5 aromatic rings. The minimum Gasteiger partial charge on any atom is -0.493 e. The zero-order valence-corrected chi connectivity index (χ0v) is 19.8. The molecule has 0 radical (unpaired) electrons. The van der Waals surface area contributed by atoms with Crippen LogP contribution in [0.25, 0.3) is 29.0 Å². The molecule has 0 aliphatic heterocycles. The van der Waals surface area contributed by atoms with Crippen LogP contribution in [0.1, 0.15) is 22.4 Å². The third-order valence-electron chi connectivity index (χ3n) is 5.39. The summed E-state index contributed by atoms with van der Waals surface area (Å²) in [5.74, 6) is -0.125. The number of rotatable bonds is 5. The summed E-state index contributed by atoms with van der Waals surface area (Å²) >= 11 is 12.2. The lowest BCUT2D eigenvalue weighted by atomic mass is 10.1. The maximum Gasteiger partial charge on any atom is 0.278 e. The monoisotopic (exact) mass is 500 g/mol. The molecular weight excluding hydrogens is 483 g/mol. The van der Waals surface area contributed by atoms with Crippen LogP contribution in [0.3, 0.4) is 0 Å². The molecule has 0 bridgehead atoms. The Hall–Kier alpha value is -4.00. The lowest BCUT2D eigenvalue weighted by Crippen LogP contribution is -2.25. The highest BCUT2D eigenvalue weighted by molar-refractivity contribution is 6.34. The molecule has 0 aliphatic carbocycles. The van der Waals surface area contributed by atoms with E-state index < -0.39 is 0 Å². The number of aromatic nitrogens is 4. The molecule has 0 saturated heterocycles. The summed E-state index contributed by atoms with van der Waals surface area (Å²) in [5, 5.41) is 11.2. The molecule has 8 heteroatoms. The molecule has 1 N–H and O–H groups in total. The van der Waals surface area contributed by atoms with E-state index in [-0.39, 0.29) is 23.6 Å². The van der Waals surface area contributed by atoms with Gasteiger partial charge in [-0.2, -0.15) is 0 Å². The van der Waals surface area contributed by atoms with E-state index in [4.69, 9.17) is 23.2 Å². The average molecular weight is 501 g/mol. The third kappa shape index (κ3) is 4.94. The van der Waals surface area contributed by atoms with E-state index in [2.05, 4.69) is 15.0 Å². The SMILES string of the molecule is O=c1c(Cc2cccnc2O)nc2cccnc2n1-c1cccc(/C=C/c2cc(Cl)cc(Cl)c2)c1. The van der Waals surface area contributed by atoms with Crippen molar-refractivity contribution in [1.29, 1.82) is 0 Å². The fourth-order valence-electron chi connectivity index (χ4n) is 3.80. The van der Waals surface area contributed by atoms with Crippen molar-refractivity contribution in [3.63, 3.8) is 0 Å². The molecule has 35 heavy (non-hydrogen) atoms. The second-order valence-corrected chi connectivity index (χ2v) is 8.71. The van der Waals surface area contributed by atoms with Gasteiger partial charge in [-0.25, -0.2) is 15.0 Å². The van der Waals surface area contributed by atoms with Gasteiger partial charge in [0, 0.05) is 34.4 Å². The summed E-state index contributed by atoms with van der Waals surface area (Å²) in [6.45, 7) is 0. The van der Waals surface area contributed by atoms with Crippen molar-refractivity contribution in [2.45, 2.75) is 6.42 Å². The molecule has 172 valence electrons. The fraction of sp³-hybridized carbons (Fsp3) is 0.0370. The highest BCUT2D eigenvalue weighted by Gasteiger charge is 2.15. The zero-order valence-electron chi connectivity index (χ0n) is 18.3. The minimum absolute atomic E-state index is 0.125. The molecule has 0 amide bonds. The largest absolute Gasteiger partial charge is 0.493 e. The van der Waals surface area contributed by atoms with Gasteiger partial charge in [-0.1, -0.05) is 53.6 Å². The summed E-state index contributed by atoms with van der Waals surface area (Å²) in [4.78, 5) is 26.4. The lowest BCUT2D eigenvalue weighted by Gasteiger charge is -2.12. The predicted molar refractivity (Wildman–Crippen MR) is 139 cm³/mol. The first-order chi connectivity index (χ1) is 17.0. The summed E-state index contributed by atoms with van der Waals surface area (Å²) in [6.07, 6.45) is 7.07. The van der Waals surface area contributed by atoms with Crippen LogP contribution in [0.2, 0.25) is 10.0 Å². The number of hydrogen-bond donors (Lipinski definition) is 1. The van der Waals surface area contributed by atoms with Crippen molar-refractivity contribution in [3.8, 4) is 11.6 Å². The second kappa shape index (κ2) is 9.70. The number of pyridine rings is 2. The Kier molecular flexibility index (Phi) is 6.31. The summed E-state index contributed by atoms with van der Waals surface area (Å²) in [7, 11) is 0. The first-order valence-electron chi connectivity index (χ1n) is 10.7. The fourth-order valence-corrected chi connectivity index (χ4v) is 4.34. The lowest BCUT2D eigenvalue weighted by molar-refractivity contribution is 0.447. The highest BCUT2D eigenvalue weighted by atomic mass is 35.5. The van der Waals surface area contributed by atoms with Crippen LogP contribution in [0.15, 0.2) is 83.9 Å². The molecule has 5 rings (SSSR count). The van der Waals surface area contributed by atoms with E-state index in [1.165, 1.54) is 6.20 Å². The van der Waals surface area contributed by atoms with Crippen molar-refractivity contribution >= 4 is 46.5 Å². The Morgan fingerprint density at radius 1 is 0.857 bits per heavy atom. The van der Waals surface area contributed by atoms with Crippen molar-refractivity contribution < 1.29 is 5.11 Å². The van der Waals surface area contributed by atoms with Crippen LogP contribution in [0.5, 0.6) is 5.88 Å². The van der Waals surface area contributed by atoms with E-state index in [0.717, 1.165) is 11.1 Å². The smallest absolute Gasteiger partial charge is 0.278 e. The highest BCUT2D eigenvalue weighted by Crippen LogP contribution is 2.22. The Morgan fingerprint density at radius 3 is 2.40 bits per heavy atom. The first-order valence-corrected chi connectivity index (χ1v) is 11.5.